The van der Waals surface area contributed by atoms with Crippen LogP contribution in [0.2, 0.25) is 5.04 Å². The van der Waals surface area contributed by atoms with E-state index in [1.165, 1.54) is 16.0 Å². The highest BCUT2D eigenvalue weighted by molar-refractivity contribution is 6.99. The molecule has 1 heterocycles. The normalized spacial score (nSPS) is 19.6. The molecule has 1 N–H and O–H groups in total. The van der Waals surface area contributed by atoms with Gasteiger partial charge in [0, 0.05) is 6.54 Å². The fourth-order valence-corrected chi connectivity index (χ4v) is 9.19. The second-order valence-corrected chi connectivity index (χ2v) is 15.4. The lowest BCUT2D eigenvalue weighted by Gasteiger charge is -2.45. The fourth-order valence-electron chi connectivity index (χ4n) is 4.54. The molecule has 33 heavy (non-hydrogen) atoms. The van der Waals surface area contributed by atoms with Gasteiger partial charge in [0.1, 0.15) is 5.60 Å². The van der Waals surface area contributed by atoms with E-state index in [0.29, 0.717) is 13.0 Å². The molecular weight excluding hydrogens is 430 g/mol. The molecule has 2 aromatic rings. The number of likely N-dealkylation sites (tertiary alicyclic amines) is 1. The number of aryl methyl sites for hydroxylation is 2. The molecule has 180 valence electrons. The minimum atomic E-state index is -2.85. The van der Waals surface area contributed by atoms with Gasteiger partial charge in [-0.3, -0.25) is 4.90 Å². The van der Waals surface area contributed by atoms with Gasteiger partial charge in [-0.05, 0) is 56.5 Å². The zero-order valence-corrected chi connectivity index (χ0v) is 22.3. The Bertz CT molecular complexity index is 912. The van der Waals surface area contributed by atoms with Crippen molar-refractivity contribution in [2.75, 3.05) is 6.54 Å². The topological polar surface area (TPSA) is 59.0 Å². The van der Waals surface area contributed by atoms with Gasteiger partial charge in [0.25, 0.3) is 8.32 Å². The quantitative estimate of drug-likeness (QED) is 0.670. The van der Waals surface area contributed by atoms with Crippen molar-refractivity contribution in [1.29, 1.82) is 0 Å². The van der Waals surface area contributed by atoms with Crippen molar-refractivity contribution in [2.45, 2.75) is 84.8 Å². The van der Waals surface area contributed by atoms with Crippen molar-refractivity contribution in [3.63, 3.8) is 0 Å². The first-order valence-corrected chi connectivity index (χ1v) is 13.7. The highest BCUT2D eigenvalue weighted by Gasteiger charge is 2.54. The second kappa shape index (κ2) is 9.24. The lowest BCUT2D eigenvalue weighted by molar-refractivity contribution is -0.0441. The Balaban J connectivity index is 2.04. The summed E-state index contributed by atoms with van der Waals surface area (Å²) in [7, 11) is -2.85. The van der Waals surface area contributed by atoms with Crippen LogP contribution in [0.25, 0.3) is 0 Å². The Hall–Kier alpha value is -2.15. The molecule has 3 rings (SSSR count). The van der Waals surface area contributed by atoms with Crippen molar-refractivity contribution in [1.82, 2.24) is 4.90 Å². The molecule has 2 atom stereocenters. The van der Waals surface area contributed by atoms with Crippen molar-refractivity contribution in [3.05, 3.63) is 59.7 Å². The maximum absolute atomic E-state index is 12.7. The van der Waals surface area contributed by atoms with Crippen molar-refractivity contribution in [2.24, 2.45) is 0 Å². The van der Waals surface area contributed by atoms with Crippen molar-refractivity contribution < 1.29 is 19.1 Å². The number of amides is 1. The molecule has 0 bridgehead atoms. The molecule has 1 amide bonds. The summed E-state index contributed by atoms with van der Waals surface area (Å²) in [5, 5.41) is 13.3. The van der Waals surface area contributed by atoms with Crippen LogP contribution in [0.5, 0.6) is 0 Å². The fraction of sp³-hybridized carbons (Fsp3) is 0.519. The Labute approximate surface area is 199 Å². The number of aliphatic hydroxyl groups excluding tert-OH is 1. The first kappa shape index (κ1) is 25.5. The van der Waals surface area contributed by atoms with E-state index in [4.69, 9.17) is 9.16 Å². The van der Waals surface area contributed by atoms with Crippen LogP contribution in [0.4, 0.5) is 4.79 Å². The third-order valence-electron chi connectivity index (χ3n) is 6.23. The third kappa shape index (κ3) is 5.34. The van der Waals surface area contributed by atoms with Crippen LogP contribution < -0.4 is 10.4 Å². The van der Waals surface area contributed by atoms with Crippen molar-refractivity contribution in [3.8, 4) is 0 Å². The van der Waals surface area contributed by atoms with Crippen LogP contribution in [0.3, 0.4) is 0 Å². The number of nitrogens with zero attached hydrogens (tertiary/aromatic N) is 1. The summed E-state index contributed by atoms with van der Waals surface area (Å²) in [6, 6.07) is 17.2. The summed E-state index contributed by atoms with van der Waals surface area (Å²) in [5.41, 5.74) is 1.76. The molecule has 6 heteroatoms. The van der Waals surface area contributed by atoms with E-state index in [2.05, 4.69) is 83.1 Å². The highest BCUT2D eigenvalue weighted by Crippen LogP contribution is 2.39. The van der Waals surface area contributed by atoms with E-state index in [9.17, 15) is 9.90 Å². The number of carbonyl (C=O) groups excluding carboxylic acids is 1. The maximum Gasteiger partial charge on any atom is 0.412 e. The van der Waals surface area contributed by atoms with Gasteiger partial charge in [0.15, 0.2) is 6.23 Å². The molecule has 0 radical (unpaired) electrons. The number of hydrogen-bond acceptors (Lipinski definition) is 4. The SMILES string of the molecule is Cc1ccc([Si](O[C@H]2CCN(C(=O)OC(C)(C)C)C2O)(c2ccc(C)cc2)C(C)(C)C)cc1. The van der Waals surface area contributed by atoms with Gasteiger partial charge in [-0.15, -0.1) is 0 Å². The summed E-state index contributed by atoms with van der Waals surface area (Å²) >= 11 is 0. The van der Waals surface area contributed by atoms with Gasteiger partial charge >= 0.3 is 6.09 Å². The van der Waals surface area contributed by atoms with Gasteiger partial charge in [-0.25, -0.2) is 4.79 Å². The molecule has 0 saturated carbocycles. The van der Waals surface area contributed by atoms with E-state index in [1.54, 1.807) is 0 Å². The Morgan fingerprint density at radius 3 is 1.76 bits per heavy atom. The Morgan fingerprint density at radius 1 is 0.909 bits per heavy atom. The summed E-state index contributed by atoms with van der Waals surface area (Å²) in [6.45, 7) is 16.7. The van der Waals surface area contributed by atoms with E-state index < -0.39 is 32.3 Å². The summed E-state index contributed by atoms with van der Waals surface area (Å²) in [5.74, 6) is 0. The van der Waals surface area contributed by atoms with E-state index in [0.717, 1.165) is 10.4 Å². The molecular formula is C27H39NO4Si. The minimum Gasteiger partial charge on any atom is -0.444 e. The second-order valence-electron chi connectivity index (χ2n) is 11.2. The lowest BCUT2D eigenvalue weighted by atomic mass is 10.2. The number of benzene rings is 2. The summed E-state index contributed by atoms with van der Waals surface area (Å²) in [6.07, 6.45) is -1.49. The van der Waals surface area contributed by atoms with Crippen LogP contribution >= 0.6 is 0 Å². The van der Waals surface area contributed by atoms with Crippen LogP contribution in [0, 0.1) is 13.8 Å². The van der Waals surface area contributed by atoms with Gasteiger partial charge in [-0.1, -0.05) is 80.4 Å². The molecule has 1 aliphatic heterocycles. The summed E-state index contributed by atoms with van der Waals surface area (Å²) < 4.78 is 12.6. The molecule has 1 saturated heterocycles. The number of hydrogen-bond donors (Lipinski definition) is 1. The monoisotopic (exact) mass is 469 g/mol. The third-order valence-corrected chi connectivity index (χ3v) is 11.3. The average Bonchev–Trinajstić information content (AvgIpc) is 3.06. The number of carbonyl (C=O) groups is 1. The van der Waals surface area contributed by atoms with Crippen LogP contribution in [0.1, 0.15) is 59.1 Å². The number of aliphatic hydroxyl groups is 1. The molecule has 5 nitrogen and oxygen atoms in total. The summed E-state index contributed by atoms with van der Waals surface area (Å²) in [4.78, 5) is 14.1. The van der Waals surface area contributed by atoms with E-state index >= 15 is 0 Å². The van der Waals surface area contributed by atoms with Crippen molar-refractivity contribution >= 4 is 24.8 Å². The van der Waals surface area contributed by atoms with E-state index in [1.807, 2.05) is 20.8 Å². The van der Waals surface area contributed by atoms with Gasteiger partial charge < -0.3 is 14.3 Å². The number of rotatable bonds is 4. The molecule has 2 aromatic carbocycles. The molecule has 0 aromatic heterocycles. The number of ether oxygens (including phenoxy) is 1. The van der Waals surface area contributed by atoms with Crippen LogP contribution in [-0.2, 0) is 9.16 Å². The largest absolute Gasteiger partial charge is 0.444 e. The van der Waals surface area contributed by atoms with Gasteiger partial charge in [0.2, 0.25) is 0 Å². The van der Waals surface area contributed by atoms with Crippen LogP contribution in [0.15, 0.2) is 48.5 Å². The molecule has 1 unspecified atom stereocenters. The first-order valence-electron chi connectivity index (χ1n) is 11.7. The standard InChI is InChI=1S/C27H39NO4Si/c1-19-9-13-21(14-10-19)33(27(6,7)8,22-15-11-20(2)12-16-22)32-23-17-18-28(24(23)29)25(30)31-26(3,4)5/h9-16,23-24,29H,17-18H2,1-8H3/t23-,24?/m0/s1. The van der Waals surface area contributed by atoms with Gasteiger partial charge in [0.05, 0.1) is 6.10 Å². The molecule has 0 aliphatic carbocycles. The highest BCUT2D eigenvalue weighted by atomic mass is 28.4. The molecule has 0 spiro atoms. The predicted molar refractivity (Wildman–Crippen MR) is 136 cm³/mol. The van der Waals surface area contributed by atoms with E-state index in [-0.39, 0.29) is 5.04 Å². The zero-order valence-electron chi connectivity index (χ0n) is 21.3. The Kier molecular flexibility index (Phi) is 7.13. The smallest absolute Gasteiger partial charge is 0.412 e. The minimum absolute atomic E-state index is 0.212. The molecule has 1 aliphatic rings. The average molecular weight is 470 g/mol. The maximum atomic E-state index is 12.7. The predicted octanol–water partition coefficient (Wildman–Crippen LogP) is 4.51. The first-order chi connectivity index (χ1) is 15.2. The van der Waals surface area contributed by atoms with Crippen LogP contribution in [-0.4, -0.2) is 48.9 Å². The molecule has 1 fully saturated rings. The van der Waals surface area contributed by atoms with Gasteiger partial charge in [-0.2, -0.15) is 0 Å². The zero-order chi connectivity index (χ0) is 24.6. The lowest BCUT2D eigenvalue weighted by Crippen LogP contribution is -2.68. The Morgan fingerprint density at radius 2 is 1.36 bits per heavy atom.